The van der Waals surface area contributed by atoms with Crippen LogP contribution in [0.15, 0.2) is 48.5 Å². The van der Waals surface area contributed by atoms with Crippen LogP contribution in [-0.4, -0.2) is 21.0 Å². The van der Waals surface area contributed by atoms with Crippen LogP contribution in [0, 0.1) is 12.7 Å². The molecule has 4 rings (SSSR count). The summed E-state index contributed by atoms with van der Waals surface area (Å²) >= 11 is 0. The molecule has 1 aliphatic rings. The Bertz CT molecular complexity index is 1030. The van der Waals surface area contributed by atoms with E-state index in [1.807, 2.05) is 24.3 Å². The van der Waals surface area contributed by atoms with Crippen molar-refractivity contribution in [2.24, 2.45) is 0 Å². The highest BCUT2D eigenvalue weighted by molar-refractivity contribution is 6.04. The lowest BCUT2D eigenvalue weighted by Gasteiger charge is -2.31. The normalized spacial score (nSPS) is 15.4. The molecule has 0 radical (unpaired) electrons. The van der Waals surface area contributed by atoms with Gasteiger partial charge >= 0.3 is 0 Å². The number of nitrogens with one attached hydrogen (secondary N) is 2. The van der Waals surface area contributed by atoms with Crippen LogP contribution in [0.5, 0.6) is 0 Å². The van der Waals surface area contributed by atoms with Crippen LogP contribution in [0.4, 0.5) is 10.2 Å². The van der Waals surface area contributed by atoms with Crippen LogP contribution in [0.1, 0.15) is 46.6 Å². The lowest BCUT2D eigenvalue weighted by Crippen LogP contribution is -2.35. The summed E-state index contributed by atoms with van der Waals surface area (Å²) in [5, 5.41) is 10.3. The van der Waals surface area contributed by atoms with Crippen LogP contribution in [0.2, 0.25) is 0 Å². The van der Waals surface area contributed by atoms with Crippen molar-refractivity contribution in [3.8, 4) is 0 Å². The van der Waals surface area contributed by atoms with Gasteiger partial charge in [0.05, 0.1) is 11.2 Å². The van der Waals surface area contributed by atoms with E-state index in [1.54, 1.807) is 31.2 Å². The van der Waals surface area contributed by atoms with E-state index in [4.69, 9.17) is 0 Å². The summed E-state index contributed by atoms with van der Waals surface area (Å²) in [6.07, 6.45) is 0. The Morgan fingerprint density at radius 3 is 2.71 bits per heavy atom. The van der Waals surface area contributed by atoms with Crippen LogP contribution < -0.4 is 5.32 Å². The largest absolute Gasteiger partial charge is 0.305 e. The molecule has 0 atom stereocenters. The summed E-state index contributed by atoms with van der Waals surface area (Å²) in [4.78, 5) is 14.7. The fraction of sp³-hybridized carbons (Fsp3) is 0.273. The number of fused-ring (bicyclic) bond motifs is 1. The summed E-state index contributed by atoms with van der Waals surface area (Å²) < 4.78 is 13.9. The minimum Gasteiger partial charge on any atom is -0.305 e. The fourth-order valence-electron chi connectivity index (χ4n) is 3.65. The lowest BCUT2D eigenvalue weighted by molar-refractivity contribution is 0.102. The van der Waals surface area contributed by atoms with Gasteiger partial charge in [-0.3, -0.25) is 14.8 Å². The number of halogens is 1. The summed E-state index contributed by atoms with van der Waals surface area (Å²) in [6.45, 7) is 7.20. The number of nitrogens with zero attached hydrogens (tertiary/aromatic N) is 2. The Morgan fingerprint density at radius 1 is 1.25 bits per heavy atom. The molecule has 5 nitrogen and oxygen atoms in total. The third kappa shape index (κ3) is 3.20. The third-order valence-corrected chi connectivity index (χ3v) is 5.50. The van der Waals surface area contributed by atoms with Crippen molar-refractivity contribution in [1.29, 1.82) is 0 Å². The molecule has 2 heterocycles. The first kappa shape index (κ1) is 18.4. The molecular formula is C22H23FN4O. The van der Waals surface area contributed by atoms with Crippen LogP contribution in [0.25, 0.3) is 0 Å². The molecule has 0 fully saturated rings. The van der Waals surface area contributed by atoms with Crippen molar-refractivity contribution in [3.63, 3.8) is 0 Å². The molecule has 0 bridgehead atoms. The number of aromatic nitrogens is 2. The quantitative estimate of drug-likeness (QED) is 0.709. The van der Waals surface area contributed by atoms with Gasteiger partial charge in [-0.2, -0.15) is 5.10 Å². The molecule has 2 aromatic carbocycles. The molecular weight excluding hydrogens is 355 g/mol. The van der Waals surface area contributed by atoms with Crippen molar-refractivity contribution < 1.29 is 9.18 Å². The first-order valence-corrected chi connectivity index (χ1v) is 9.30. The number of benzene rings is 2. The van der Waals surface area contributed by atoms with E-state index in [1.165, 1.54) is 0 Å². The van der Waals surface area contributed by atoms with Crippen molar-refractivity contribution in [2.75, 3.05) is 5.32 Å². The smallest absolute Gasteiger partial charge is 0.256 e. The number of amides is 1. The number of H-pyrrole nitrogens is 1. The monoisotopic (exact) mass is 378 g/mol. The third-order valence-electron chi connectivity index (χ3n) is 5.50. The van der Waals surface area contributed by atoms with Crippen molar-refractivity contribution in [3.05, 3.63) is 82.3 Å². The van der Waals surface area contributed by atoms with Crippen molar-refractivity contribution >= 4 is 11.7 Å². The van der Waals surface area contributed by atoms with Gasteiger partial charge in [-0.1, -0.05) is 30.3 Å². The van der Waals surface area contributed by atoms with E-state index in [-0.39, 0.29) is 17.3 Å². The molecule has 144 valence electrons. The Labute approximate surface area is 163 Å². The minimum atomic E-state index is -0.306. The highest BCUT2D eigenvalue weighted by Crippen LogP contribution is 2.41. The first-order chi connectivity index (χ1) is 13.4. The second kappa shape index (κ2) is 6.87. The zero-order chi connectivity index (χ0) is 19.9. The zero-order valence-electron chi connectivity index (χ0n) is 16.2. The predicted molar refractivity (Wildman–Crippen MR) is 106 cm³/mol. The average molecular weight is 378 g/mol. The van der Waals surface area contributed by atoms with E-state index < -0.39 is 0 Å². The van der Waals surface area contributed by atoms with Gasteiger partial charge in [0.15, 0.2) is 5.82 Å². The van der Waals surface area contributed by atoms with Crippen molar-refractivity contribution in [2.45, 2.75) is 39.4 Å². The molecule has 3 aromatic rings. The van der Waals surface area contributed by atoms with E-state index in [0.29, 0.717) is 30.0 Å². The Hall–Kier alpha value is -2.99. The second-order valence-corrected chi connectivity index (χ2v) is 7.74. The van der Waals surface area contributed by atoms with Gasteiger partial charge in [0.25, 0.3) is 5.91 Å². The van der Waals surface area contributed by atoms with E-state index in [9.17, 15) is 9.18 Å². The molecule has 1 aromatic heterocycles. The number of hydrogen-bond acceptors (Lipinski definition) is 3. The number of hydrogen-bond donors (Lipinski definition) is 2. The topological polar surface area (TPSA) is 61.0 Å². The van der Waals surface area contributed by atoms with Gasteiger partial charge in [0, 0.05) is 24.2 Å². The van der Waals surface area contributed by atoms with E-state index in [2.05, 4.69) is 34.3 Å². The van der Waals surface area contributed by atoms with Crippen molar-refractivity contribution in [1.82, 2.24) is 15.1 Å². The molecule has 0 spiro atoms. The first-order valence-electron chi connectivity index (χ1n) is 9.30. The summed E-state index contributed by atoms with van der Waals surface area (Å²) in [5.74, 6) is 0.173. The molecule has 0 aliphatic carbocycles. The molecule has 0 saturated carbocycles. The predicted octanol–water partition coefficient (Wildman–Crippen LogP) is 4.36. The Morgan fingerprint density at radius 2 is 2.00 bits per heavy atom. The molecule has 1 amide bonds. The second-order valence-electron chi connectivity index (χ2n) is 7.74. The average Bonchev–Trinajstić information content (AvgIpc) is 3.18. The summed E-state index contributed by atoms with van der Waals surface area (Å²) in [6, 6.07) is 14.4. The van der Waals surface area contributed by atoms with Gasteiger partial charge in [0.2, 0.25) is 0 Å². The minimum absolute atomic E-state index is 0.188. The van der Waals surface area contributed by atoms with E-state index in [0.717, 1.165) is 16.8 Å². The Balaban J connectivity index is 1.55. The molecule has 6 heteroatoms. The number of aryl methyl sites for hydroxylation is 1. The maximum Gasteiger partial charge on any atom is 0.256 e. The number of rotatable bonds is 4. The molecule has 1 aliphatic heterocycles. The zero-order valence-corrected chi connectivity index (χ0v) is 16.2. The highest BCUT2D eigenvalue weighted by Gasteiger charge is 2.41. The summed E-state index contributed by atoms with van der Waals surface area (Å²) in [5.41, 5.74) is 3.79. The lowest BCUT2D eigenvalue weighted by atomic mass is 10.00. The molecule has 28 heavy (non-hydrogen) atoms. The van der Waals surface area contributed by atoms with Gasteiger partial charge in [-0.05, 0) is 50.1 Å². The number of carbonyl (C=O) groups excluding carboxylic acids is 1. The van der Waals surface area contributed by atoms with Crippen LogP contribution in [-0.2, 0) is 18.6 Å². The standard InChI is InChI=1S/C22H23FN4O/c1-14-9-10-15(11-18(14)23)12-27-13-17-19(22(27,2)3)25-26-20(17)24-21(28)16-7-5-4-6-8-16/h4-11H,12-13H2,1-3H3,(H2,24,25,26,28). The molecule has 2 N–H and O–H groups in total. The van der Waals surface area contributed by atoms with Gasteiger partial charge in [-0.15, -0.1) is 0 Å². The number of anilines is 1. The maximum absolute atomic E-state index is 13.9. The number of aromatic amines is 1. The van der Waals surface area contributed by atoms with E-state index >= 15 is 0 Å². The maximum atomic E-state index is 13.9. The van der Waals surface area contributed by atoms with Crippen LogP contribution >= 0.6 is 0 Å². The number of carbonyl (C=O) groups is 1. The molecule has 0 unspecified atom stereocenters. The van der Waals surface area contributed by atoms with Crippen LogP contribution in [0.3, 0.4) is 0 Å². The van der Waals surface area contributed by atoms with Gasteiger partial charge in [0.1, 0.15) is 5.82 Å². The molecule has 0 saturated heterocycles. The van der Waals surface area contributed by atoms with Gasteiger partial charge < -0.3 is 5.32 Å². The Kier molecular flexibility index (Phi) is 4.51. The van der Waals surface area contributed by atoms with Gasteiger partial charge in [-0.25, -0.2) is 4.39 Å². The fourth-order valence-corrected chi connectivity index (χ4v) is 3.65. The summed E-state index contributed by atoms with van der Waals surface area (Å²) in [7, 11) is 0. The highest BCUT2D eigenvalue weighted by atomic mass is 19.1. The SMILES string of the molecule is Cc1ccc(CN2Cc3c(NC(=O)c4ccccc4)n[nH]c3C2(C)C)cc1F.